The predicted molar refractivity (Wildman–Crippen MR) is 86.3 cm³/mol. The third-order valence-electron chi connectivity index (χ3n) is 5.50. The SMILES string of the molecule is COCCOCC(=O)NC1C2CC1N(CCOCC1CCC1)C2. The molecule has 4 rings (SSSR count). The van der Waals surface area contributed by atoms with E-state index in [1.807, 2.05) is 0 Å². The number of hydrogen-bond donors (Lipinski definition) is 1. The van der Waals surface area contributed by atoms with Crippen molar-refractivity contribution in [3.63, 3.8) is 0 Å². The van der Waals surface area contributed by atoms with Crippen LogP contribution in [0.3, 0.4) is 0 Å². The minimum Gasteiger partial charge on any atom is -0.382 e. The Labute approximate surface area is 138 Å². The molecule has 6 nitrogen and oxygen atoms in total. The first-order valence-corrected chi connectivity index (χ1v) is 8.95. The quantitative estimate of drug-likeness (QED) is 0.565. The van der Waals surface area contributed by atoms with Gasteiger partial charge in [-0.1, -0.05) is 6.42 Å². The molecule has 23 heavy (non-hydrogen) atoms. The maximum atomic E-state index is 11.9. The molecule has 2 saturated carbocycles. The van der Waals surface area contributed by atoms with Gasteiger partial charge in [0, 0.05) is 38.9 Å². The highest BCUT2D eigenvalue weighted by molar-refractivity contribution is 5.77. The number of nitrogens with zero attached hydrogens (tertiary/aromatic N) is 1. The molecular formula is C17H30N2O4. The lowest BCUT2D eigenvalue weighted by Crippen LogP contribution is -2.55. The van der Waals surface area contributed by atoms with E-state index in [-0.39, 0.29) is 12.5 Å². The molecule has 3 unspecified atom stereocenters. The predicted octanol–water partition coefficient (Wildman–Crippen LogP) is 0.655. The van der Waals surface area contributed by atoms with Crippen molar-refractivity contribution in [1.29, 1.82) is 0 Å². The van der Waals surface area contributed by atoms with Crippen LogP contribution in [0.1, 0.15) is 25.7 Å². The molecule has 4 fully saturated rings. The molecule has 3 atom stereocenters. The van der Waals surface area contributed by atoms with E-state index in [4.69, 9.17) is 14.2 Å². The van der Waals surface area contributed by atoms with E-state index in [9.17, 15) is 4.79 Å². The fourth-order valence-corrected chi connectivity index (χ4v) is 3.82. The number of fused-ring (bicyclic) bond motifs is 1. The molecule has 4 aliphatic rings. The molecule has 0 aromatic rings. The average molecular weight is 326 g/mol. The summed E-state index contributed by atoms with van der Waals surface area (Å²) < 4.78 is 16.0. The summed E-state index contributed by atoms with van der Waals surface area (Å²) in [6, 6.07) is 0.801. The zero-order valence-electron chi connectivity index (χ0n) is 14.2. The minimum atomic E-state index is -0.0103. The van der Waals surface area contributed by atoms with Crippen LogP contribution in [0.5, 0.6) is 0 Å². The van der Waals surface area contributed by atoms with Gasteiger partial charge in [0.15, 0.2) is 0 Å². The number of ether oxygens (including phenoxy) is 3. The van der Waals surface area contributed by atoms with Crippen molar-refractivity contribution < 1.29 is 19.0 Å². The lowest BCUT2D eigenvalue weighted by atomic mass is 9.80. The zero-order chi connectivity index (χ0) is 16.1. The fourth-order valence-electron chi connectivity index (χ4n) is 3.82. The summed E-state index contributed by atoms with van der Waals surface area (Å²) in [5.74, 6) is 1.41. The Morgan fingerprint density at radius 1 is 1.22 bits per heavy atom. The van der Waals surface area contributed by atoms with Crippen LogP contribution in [-0.2, 0) is 19.0 Å². The molecule has 2 aliphatic heterocycles. The smallest absolute Gasteiger partial charge is 0.246 e. The molecule has 2 bridgehead atoms. The van der Waals surface area contributed by atoms with Crippen LogP contribution in [0.4, 0.5) is 0 Å². The molecule has 6 heteroatoms. The molecular weight excluding hydrogens is 296 g/mol. The summed E-state index contributed by atoms with van der Waals surface area (Å²) in [5, 5.41) is 3.12. The van der Waals surface area contributed by atoms with Crippen LogP contribution < -0.4 is 5.32 Å². The van der Waals surface area contributed by atoms with Gasteiger partial charge in [-0.2, -0.15) is 0 Å². The highest BCUT2D eigenvalue weighted by atomic mass is 16.5. The number of rotatable bonds is 11. The van der Waals surface area contributed by atoms with E-state index in [1.165, 1.54) is 25.7 Å². The number of methoxy groups -OCH3 is 1. The van der Waals surface area contributed by atoms with Crippen LogP contribution in [0, 0.1) is 11.8 Å². The Morgan fingerprint density at radius 2 is 2.09 bits per heavy atom. The standard InChI is InChI=1S/C17H30N2O4/c1-21-7-8-23-12-16(20)18-17-14-9-15(17)19(10-14)5-6-22-11-13-3-2-4-13/h13-15,17H,2-12H2,1H3,(H,18,20). The summed E-state index contributed by atoms with van der Waals surface area (Å²) >= 11 is 0. The summed E-state index contributed by atoms with van der Waals surface area (Å²) in [4.78, 5) is 14.4. The monoisotopic (exact) mass is 326 g/mol. The van der Waals surface area contributed by atoms with Crippen molar-refractivity contribution >= 4 is 5.91 Å². The van der Waals surface area contributed by atoms with Gasteiger partial charge in [0.05, 0.1) is 19.8 Å². The summed E-state index contributed by atoms with van der Waals surface area (Å²) in [6.07, 6.45) is 5.27. The van der Waals surface area contributed by atoms with Gasteiger partial charge in [-0.05, 0) is 31.1 Å². The van der Waals surface area contributed by atoms with E-state index >= 15 is 0 Å². The van der Waals surface area contributed by atoms with Crippen molar-refractivity contribution in [2.75, 3.05) is 53.2 Å². The molecule has 0 spiro atoms. The van der Waals surface area contributed by atoms with Gasteiger partial charge in [-0.25, -0.2) is 0 Å². The first kappa shape index (κ1) is 17.1. The molecule has 2 aliphatic carbocycles. The van der Waals surface area contributed by atoms with E-state index in [0.717, 1.165) is 32.2 Å². The van der Waals surface area contributed by atoms with E-state index in [0.29, 0.717) is 31.2 Å². The fraction of sp³-hybridized carbons (Fsp3) is 0.941. The van der Waals surface area contributed by atoms with Crippen molar-refractivity contribution in [3.05, 3.63) is 0 Å². The first-order chi connectivity index (χ1) is 11.3. The molecule has 1 amide bonds. The van der Waals surface area contributed by atoms with Crippen LogP contribution >= 0.6 is 0 Å². The Morgan fingerprint density at radius 3 is 2.83 bits per heavy atom. The molecule has 2 saturated heterocycles. The normalized spacial score (nSPS) is 30.0. The third kappa shape index (κ3) is 4.44. The van der Waals surface area contributed by atoms with Crippen molar-refractivity contribution in [2.24, 2.45) is 11.8 Å². The maximum absolute atomic E-state index is 11.9. The summed E-state index contributed by atoms with van der Waals surface area (Å²) in [6.45, 7) is 4.95. The number of nitrogens with one attached hydrogen (secondary N) is 1. The topological polar surface area (TPSA) is 60.0 Å². The Balaban J connectivity index is 1.27. The molecule has 1 N–H and O–H groups in total. The van der Waals surface area contributed by atoms with Gasteiger partial charge in [-0.15, -0.1) is 0 Å². The van der Waals surface area contributed by atoms with Crippen molar-refractivity contribution in [3.8, 4) is 0 Å². The largest absolute Gasteiger partial charge is 0.382 e. The van der Waals surface area contributed by atoms with E-state index < -0.39 is 0 Å². The molecule has 132 valence electrons. The second kappa shape index (κ2) is 8.42. The number of carbonyl (C=O) groups excluding carboxylic acids is 1. The van der Waals surface area contributed by atoms with Crippen LogP contribution in [-0.4, -0.2) is 76.1 Å². The van der Waals surface area contributed by atoms with Crippen molar-refractivity contribution in [2.45, 2.75) is 37.8 Å². The van der Waals surface area contributed by atoms with Crippen LogP contribution in [0.25, 0.3) is 0 Å². The van der Waals surface area contributed by atoms with Crippen molar-refractivity contribution in [1.82, 2.24) is 10.2 Å². The van der Waals surface area contributed by atoms with Gasteiger partial charge >= 0.3 is 0 Å². The van der Waals surface area contributed by atoms with E-state index in [2.05, 4.69) is 10.2 Å². The molecule has 0 aromatic carbocycles. The van der Waals surface area contributed by atoms with Gasteiger partial charge < -0.3 is 19.5 Å². The second-order valence-electron chi connectivity index (χ2n) is 7.07. The first-order valence-electron chi connectivity index (χ1n) is 8.95. The Bertz CT molecular complexity index is 389. The Kier molecular flexibility index (Phi) is 6.28. The van der Waals surface area contributed by atoms with Crippen LogP contribution in [0.2, 0.25) is 0 Å². The molecule has 0 aromatic heterocycles. The lowest BCUT2D eigenvalue weighted by Gasteiger charge is -2.37. The van der Waals surface area contributed by atoms with Gasteiger partial charge in [-0.3, -0.25) is 9.69 Å². The maximum Gasteiger partial charge on any atom is 0.246 e. The van der Waals surface area contributed by atoms with E-state index in [1.54, 1.807) is 7.11 Å². The average Bonchev–Trinajstić information content (AvgIpc) is 3.05. The number of carbonyl (C=O) groups is 1. The summed E-state index contributed by atoms with van der Waals surface area (Å²) in [7, 11) is 1.62. The Hall–Kier alpha value is -0.690. The number of hydrogen-bond acceptors (Lipinski definition) is 5. The second-order valence-corrected chi connectivity index (χ2v) is 7.07. The van der Waals surface area contributed by atoms with Gasteiger partial charge in [0.25, 0.3) is 0 Å². The van der Waals surface area contributed by atoms with Gasteiger partial charge in [0.2, 0.25) is 5.91 Å². The minimum absolute atomic E-state index is 0.0103. The summed E-state index contributed by atoms with van der Waals surface area (Å²) in [5.41, 5.74) is 0. The number of amides is 1. The highest BCUT2D eigenvalue weighted by Crippen LogP contribution is 2.40. The third-order valence-corrected chi connectivity index (χ3v) is 5.50. The zero-order valence-corrected chi connectivity index (χ0v) is 14.2. The van der Waals surface area contributed by atoms with Crippen LogP contribution in [0.15, 0.2) is 0 Å². The van der Waals surface area contributed by atoms with Gasteiger partial charge in [0.1, 0.15) is 6.61 Å². The highest BCUT2D eigenvalue weighted by Gasteiger charge is 2.52. The molecule has 2 heterocycles. The molecule has 0 radical (unpaired) electrons. The lowest BCUT2D eigenvalue weighted by molar-refractivity contribution is -0.128.